The van der Waals surface area contributed by atoms with Crippen LogP contribution in [-0.2, 0) is 20.7 Å². The van der Waals surface area contributed by atoms with Crippen molar-refractivity contribution in [2.24, 2.45) is 0 Å². The van der Waals surface area contributed by atoms with Gasteiger partial charge < -0.3 is 10.1 Å². The molecular weight excluding hydrogens is 332 g/mol. The van der Waals surface area contributed by atoms with Crippen molar-refractivity contribution in [2.75, 3.05) is 6.61 Å². The van der Waals surface area contributed by atoms with E-state index in [2.05, 4.69) is 10.6 Å². The van der Waals surface area contributed by atoms with Crippen molar-refractivity contribution in [1.82, 2.24) is 10.6 Å². The van der Waals surface area contributed by atoms with Crippen LogP contribution in [-0.4, -0.2) is 30.6 Å². The molecule has 1 aliphatic carbocycles. The first-order valence-electron chi connectivity index (χ1n) is 8.50. The van der Waals surface area contributed by atoms with Crippen LogP contribution in [0.2, 0.25) is 0 Å². The molecule has 0 aliphatic heterocycles. The molecule has 0 spiro atoms. The molecule has 0 bridgehead atoms. The summed E-state index contributed by atoms with van der Waals surface area (Å²) in [6, 6.07) is 17.1. The number of urea groups is 1. The van der Waals surface area contributed by atoms with Gasteiger partial charge in [0.1, 0.15) is 0 Å². The molecule has 0 unspecified atom stereocenters. The fourth-order valence-corrected chi connectivity index (χ4v) is 2.42. The summed E-state index contributed by atoms with van der Waals surface area (Å²) in [6.07, 6.45) is 1.93. The maximum Gasteiger partial charge on any atom is 0.321 e. The van der Waals surface area contributed by atoms with Crippen LogP contribution in [0.4, 0.5) is 4.79 Å². The zero-order valence-electron chi connectivity index (χ0n) is 14.2. The summed E-state index contributed by atoms with van der Waals surface area (Å²) >= 11 is 0. The SMILES string of the molecule is O=C(COC(=O)Cc1ccc(-c2ccccc2)cc1)NC(=O)NC1CC1. The number of carbonyl (C=O) groups is 3. The van der Waals surface area contributed by atoms with E-state index in [0.717, 1.165) is 29.5 Å². The minimum atomic E-state index is -0.643. The van der Waals surface area contributed by atoms with Gasteiger partial charge in [-0.1, -0.05) is 54.6 Å². The lowest BCUT2D eigenvalue weighted by Gasteiger charge is -2.07. The van der Waals surface area contributed by atoms with Crippen LogP contribution in [0.3, 0.4) is 0 Å². The predicted octanol–water partition coefficient (Wildman–Crippen LogP) is 2.43. The summed E-state index contributed by atoms with van der Waals surface area (Å²) in [6.45, 7) is -0.473. The Bertz CT molecular complexity index is 783. The van der Waals surface area contributed by atoms with Gasteiger partial charge in [0.15, 0.2) is 6.61 Å². The Morgan fingerprint density at radius 3 is 2.23 bits per heavy atom. The van der Waals surface area contributed by atoms with Crippen molar-refractivity contribution < 1.29 is 19.1 Å². The second kappa shape index (κ2) is 8.29. The van der Waals surface area contributed by atoms with E-state index in [4.69, 9.17) is 4.74 Å². The van der Waals surface area contributed by atoms with E-state index in [9.17, 15) is 14.4 Å². The van der Waals surface area contributed by atoms with E-state index in [1.54, 1.807) is 0 Å². The van der Waals surface area contributed by atoms with E-state index in [0.29, 0.717) is 0 Å². The van der Waals surface area contributed by atoms with Crippen molar-refractivity contribution in [2.45, 2.75) is 25.3 Å². The first-order valence-corrected chi connectivity index (χ1v) is 8.50. The van der Waals surface area contributed by atoms with E-state index >= 15 is 0 Å². The Balaban J connectivity index is 1.42. The monoisotopic (exact) mass is 352 g/mol. The molecule has 0 radical (unpaired) electrons. The van der Waals surface area contributed by atoms with Gasteiger partial charge in [0, 0.05) is 6.04 Å². The lowest BCUT2D eigenvalue weighted by molar-refractivity contribution is -0.147. The summed E-state index contributed by atoms with van der Waals surface area (Å²) in [7, 11) is 0. The molecule has 0 saturated heterocycles. The van der Waals surface area contributed by atoms with Crippen molar-refractivity contribution >= 4 is 17.9 Å². The minimum Gasteiger partial charge on any atom is -0.455 e. The molecular formula is C20H20N2O4. The fourth-order valence-electron chi connectivity index (χ4n) is 2.42. The second-order valence-electron chi connectivity index (χ2n) is 6.20. The third-order valence-electron chi connectivity index (χ3n) is 3.94. The van der Waals surface area contributed by atoms with Crippen molar-refractivity contribution in [3.63, 3.8) is 0 Å². The molecule has 3 amide bonds. The van der Waals surface area contributed by atoms with Crippen LogP contribution in [0, 0.1) is 0 Å². The molecule has 134 valence electrons. The summed E-state index contributed by atoms with van der Waals surface area (Å²) < 4.78 is 4.91. The molecule has 0 atom stereocenters. The van der Waals surface area contributed by atoms with Crippen LogP contribution in [0.1, 0.15) is 18.4 Å². The van der Waals surface area contributed by atoms with Crippen molar-refractivity contribution in [1.29, 1.82) is 0 Å². The number of imide groups is 1. The van der Waals surface area contributed by atoms with Crippen molar-refractivity contribution in [3.05, 3.63) is 60.2 Å². The Labute approximate surface area is 151 Å². The molecule has 2 N–H and O–H groups in total. The fraction of sp³-hybridized carbons (Fsp3) is 0.250. The molecule has 2 aromatic rings. The van der Waals surface area contributed by atoms with E-state index in [1.807, 2.05) is 54.6 Å². The van der Waals surface area contributed by atoms with Gasteiger partial charge in [-0.15, -0.1) is 0 Å². The molecule has 1 aliphatic rings. The number of nitrogens with one attached hydrogen (secondary N) is 2. The normalized spacial score (nSPS) is 12.9. The average Bonchev–Trinajstić information content (AvgIpc) is 3.45. The van der Waals surface area contributed by atoms with Gasteiger partial charge in [0.2, 0.25) is 0 Å². The molecule has 0 aromatic heterocycles. The van der Waals surface area contributed by atoms with E-state index in [-0.39, 0.29) is 12.5 Å². The molecule has 2 aromatic carbocycles. The molecule has 6 nitrogen and oxygen atoms in total. The molecule has 6 heteroatoms. The number of esters is 1. The number of benzene rings is 2. The molecule has 1 saturated carbocycles. The molecule has 0 heterocycles. The maximum absolute atomic E-state index is 11.8. The number of hydrogen-bond donors (Lipinski definition) is 2. The lowest BCUT2D eigenvalue weighted by Crippen LogP contribution is -2.42. The summed E-state index contributed by atoms with van der Waals surface area (Å²) in [5.41, 5.74) is 2.95. The summed E-state index contributed by atoms with van der Waals surface area (Å²) in [5.74, 6) is -1.16. The standard InChI is InChI=1S/C20H20N2O4/c23-18(22-20(25)21-17-10-11-17)13-26-19(24)12-14-6-8-16(9-7-14)15-4-2-1-3-5-15/h1-9,17H,10-13H2,(H2,21,22,23,25). The molecule has 3 rings (SSSR count). The van der Waals surface area contributed by atoms with Crippen LogP contribution in [0.15, 0.2) is 54.6 Å². The summed E-state index contributed by atoms with van der Waals surface area (Å²) in [4.78, 5) is 34.8. The Hall–Kier alpha value is -3.15. The van der Waals surface area contributed by atoms with Gasteiger partial charge in [-0.2, -0.15) is 0 Å². The highest BCUT2D eigenvalue weighted by atomic mass is 16.5. The van der Waals surface area contributed by atoms with Crippen LogP contribution >= 0.6 is 0 Å². The number of amides is 3. The van der Waals surface area contributed by atoms with E-state index in [1.165, 1.54) is 0 Å². The minimum absolute atomic E-state index is 0.0661. The Morgan fingerprint density at radius 2 is 1.58 bits per heavy atom. The summed E-state index contributed by atoms with van der Waals surface area (Å²) in [5, 5.41) is 4.75. The number of rotatable bonds is 6. The number of carbonyl (C=O) groups excluding carboxylic acids is 3. The lowest BCUT2D eigenvalue weighted by atomic mass is 10.0. The van der Waals surface area contributed by atoms with Crippen molar-refractivity contribution in [3.8, 4) is 11.1 Å². The van der Waals surface area contributed by atoms with Gasteiger partial charge in [-0.25, -0.2) is 4.79 Å². The first kappa shape index (κ1) is 17.7. The largest absolute Gasteiger partial charge is 0.455 e. The topological polar surface area (TPSA) is 84.5 Å². The van der Waals surface area contributed by atoms with Gasteiger partial charge in [-0.3, -0.25) is 14.9 Å². The van der Waals surface area contributed by atoms with Gasteiger partial charge in [0.05, 0.1) is 6.42 Å². The van der Waals surface area contributed by atoms with Gasteiger partial charge in [-0.05, 0) is 29.5 Å². The Morgan fingerprint density at radius 1 is 0.923 bits per heavy atom. The highest BCUT2D eigenvalue weighted by Gasteiger charge is 2.24. The highest BCUT2D eigenvalue weighted by Crippen LogP contribution is 2.19. The van der Waals surface area contributed by atoms with Crippen LogP contribution in [0.5, 0.6) is 0 Å². The number of hydrogen-bond acceptors (Lipinski definition) is 4. The molecule has 1 fully saturated rings. The quantitative estimate of drug-likeness (QED) is 0.782. The molecule has 26 heavy (non-hydrogen) atoms. The second-order valence-corrected chi connectivity index (χ2v) is 6.20. The van der Waals surface area contributed by atoms with Gasteiger partial charge >= 0.3 is 12.0 Å². The smallest absolute Gasteiger partial charge is 0.321 e. The maximum atomic E-state index is 11.8. The number of ether oxygens (including phenoxy) is 1. The highest BCUT2D eigenvalue weighted by molar-refractivity contribution is 5.95. The van der Waals surface area contributed by atoms with Crippen LogP contribution in [0.25, 0.3) is 11.1 Å². The average molecular weight is 352 g/mol. The third kappa shape index (κ3) is 5.44. The van der Waals surface area contributed by atoms with Gasteiger partial charge in [0.25, 0.3) is 5.91 Å². The Kier molecular flexibility index (Phi) is 5.63. The van der Waals surface area contributed by atoms with Crippen LogP contribution < -0.4 is 10.6 Å². The van der Waals surface area contributed by atoms with E-state index < -0.39 is 24.5 Å². The first-order chi connectivity index (χ1) is 12.6. The predicted molar refractivity (Wildman–Crippen MR) is 96.2 cm³/mol. The third-order valence-corrected chi connectivity index (χ3v) is 3.94. The zero-order chi connectivity index (χ0) is 18.4. The zero-order valence-corrected chi connectivity index (χ0v) is 14.2.